The molecule has 2 aromatic rings. The van der Waals surface area contributed by atoms with Gasteiger partial charge in [-0.25, -0.2) is 0 Å². The minimum absolute atomic E-state index is 0.00860. The molecule has 1 aromatic carbocycles. The smallest absolute Gasteiger partial charge is 0.257 e. The molecule has 1 atom stereocenters. The Balaban J connectivity index is 1.48. The van der Waals surface area contributed by atoms with Gasteiger partial charge in [-0.2, -0.15) is 0 Å². The second kappa shape index (κ2) is 5.40. The highest BCUT2D eigenvalue weighted by Crippen LogP contribution is 2.45. The molecular formula is C21H20N2O5. The molecule has 4 aliphatic rings. The van der Waals surface area contributed by atoms with Gasteiger partial charge in [0, 0.05) is 37.4 Å². The number of aromatic nitrogens is 1. The summed E-state index contributed by atoms with van der Waals surface area (Å²) in [5, 5.41) is 3.53. The molecule has 4 aliphatic heterocycles. The van der Waals surface area contributed by atoms with E-state index < -0.39 is 5.79 Å². The van der Waals surface area contributed by atoms with Crippen molar-refractivity contribution in [3.05, 3.63) is 56.5 Å². The van der Waals surface area contributed by atoms with Crippen LogP contribution in [-0.4, -0.2) is 18.5 Å². The molecule has 6 rings (SSSR count). The molecule has 5 heterocycles. The van der Waals surface area contributed by atoms with Crippen molar-refractivity contribution in [2.75, 3.05) is 19.2 Å². The molecule has 0 bridgehead atoms. The maximum Gasteiger partial charge on any atom is 0.257 e. The van der Waals surface area contributed by atoms with Crippen molar-refractivity contribution in [1.82, 2.24) is 4.57 Å². The first-order valence-corrected chi connectivity index (χ1v) is 9.52. The van der Waals surface area contributed by atoms with Crippen LogP contribution in [0.15, 0.2) is 28.6 Å². The number of nitrogens with zero attached hydrogens (tertiary/aromatic N) is 1. The fraction of sp³-hybridized carbons (Fsp3) is 0.381. The summed E-state index contributed by atoms with van der Waals surface area (Å²) in [4.78, 5) is 13.2. The van der Waals surface area contributed by atoms with Crippen molar-refractivity contribution in [2.45, 2.75) is 38.7 Å². The topological polar surface area (TPSA) is 71.0 Å². The number of anilines is 1. The molecule has 0 radical (unpaired) electrons. The molecule has 1 aromatic heterocycles. The molecule has 7 nitrogen and oxygen atoms in total. The van der Waals surface area contributed by atoms with Gasteiger partial charge in [0.15, 0.2) is 17.3 Å². The van der Waals surface area contributed by atoms with Gasteiger partial charge in [-0.3, -0.25) is 4.79 Å². The Hall–Kier alpha value is -2.77. The van der Waals surface area contributed by atoms with Gasteiger partial charge in [0.2, 0.25) is 6.79 Å². The minimum atomic E-state index is -0.841. The summed E-state index contributed by atoms with van der Waals surface area (Å²) >= 11 is 0. The third-order valence-electron chi connectivity index (χ3n) is 6.28. The second-order valence-corrected chi connectivity index (χ2v) is 7.56. The molecule has 1 N–H and O–H groups in total. The SMILES string of the molecule is CCC1(OC)OCc2c1cc1n(c2=O)CC2=C1Nc1cc3c(cc1C2)OCO3. The third kappa shape index (κ3) is 1.92. The monoisotopic (exact) mass is 380 g/mol. The van der Waals surface area contributed by atoms with Gasteiger partial charge in [0.05, 0.1) is 23.6 Å². The maximum absolute atomic E-state index is 13.2. The van der Waals surface area contributed by atoms with E-state index in [-0.39, 0.29) is 19.0 Å². The highest BCUT2D eigenvalue weighted by molar-refractivity contribution is 5.85. The van der Waals surface area contributed by atoms with Crippen molar-refractivity contribution in [3.63, 3.8) is 0 Å². The fourth-order valence-corrected chi connectivity index (χ4v) is 4.76. The van der Waals surface area contributed by atoms with Crippen molar-refractivity contribution < 1.29 is 18.9 Å². The molecule has 0 saturated carbocycles. The Labute approximate surface area is 161 Å². The lowest BCUT2D eigenvalue weighted by Crippen LogP contribution is -2.29. The van der Waals surface area contributed by atoms with E-state index in [0.29, 0.717) is 18.5 Å². The summed E-state index contributed by atoms with van der Waals surface area (Å²) in [5.74, 6) is 0.685. The predicted octanol–water partition coefficient (Wildman–Crippen LogP) is 2.71. The maximum atomic E-state index is 13.2. The van der Waals surface area contributed by atoms with E-state index in [4.69, 9.17) is 18.9 Å². The van der Waals surface area contributed by atoms with Crippen LogP contribution in [0.5, 0.6) is 11.5 Å². The number of hydrogen-bond acceptors (Lipinski definition) is 6. The quantitative estimate of drug-likeness (QED) is 0.864. The zero-order valence-electron chi connectivity index (χ0n) is 15.8. The molecule has 0 amide bonds. The van der Waals surface area contributed by atoms with Crippen LogP contribution in [0.1, 0.15) is 35.7 Å². The molecular weight excluding hydrogens is 360 g/mol. The summed E-state index contributed by atoms with van der Waals surface area (Å²) in [7, 11) is 1.63. The third-order valence-corrected chi connectivity index (χ3v) is 6.28. The molecule has 0 aliphatic carbocycles. The summed E-state index contributed by atoms with van der Waals surface area (Å²) in [5.41, 5.74) is 6.80. The van der Waals surface area contributed by atoms with E-state index in [0.717, 1.165) is 46.1 Å². The van der Waals surface area contributed by atoms with Crippen LogP contribution >= 0.6 is 0 Å². The van der Waals surface area contributed by atoms with Gasteiger partial charge >= 0.3 is 0 Å². The van der Waals surface area contributed by atoms with Crippen molar-refractivity contribution in [1.29, 1.82) is 0 Å². The van der Waals surface area contributed by atoms with Crippen LogP contribution in [0.2, 0.25) is 0 Å². The molecule has 0 fully saturated rings. The summed E-state index contributed by atoms with van der Waals surface area (Å²) in [6.07, 6.45) is 1.42. The Morgan fingerprint density at radius 3 is 2.86 bits per heavy atom. The Kier molecular flexibility index (Phi) is 3.12. The Bertz CT molecular complexity index is 1130. The van der Waals surface area contributed by atoms with Gasteiger partial charge in [-0.1, -0.05) is 6.92 Å². The lowest BCUT2D eigenvalue weighted by atomic mass is 9.96. The number of rotatable bonds is 2. The highest BCUT2D eigenvalue weighted by Gasteiger charge is 2.43. The van der Waals surface area contributed by atoms with Gasteiger partial charge in [-0.15, -0.1) is 0 Å². The lowest BCUT2D eigenvalue weighted by Gasteiger charge is -2.27. The Morgan fingerprint density at radius 1 is 1.25 bits per heavy atom. The lowest BCUT2D eigenvalue weighted by molar-refractivity contribution is -0.225. The molecule has 144 valence electrons. The van der Waals surface area contributed by atoms with Crippen molar-refractivity contribution >= 4 is 11.4 Å². The zero-order chi connectivity index (χ0) is 19.0. The average molecular weight is 380 g/mol. The van der Waals surface area contributed by atoms with E-state index in [9.17, 15) is 4.79 Å². The van der Waals surface area contributed by atoms with Crippen molar-refractivity contribution in [2.24, 2.45) is 0 Å². The minimum Gasteiger partial charge on any atom is -0.454 e. The number of nitrogens with one attached hydrogen (secondary N) is 1. The summed E-state index contributed by atoms with van der Waals surface area (Å²) in [6.45, 7) is 3.14. The highest BCUT2D eigenvalue weighted by atomic mass is 16.7. The first kappa shape index (κ1) is 16.2. The number of ether oxygens (including phenoxy) is 4. The zero-order valence-corrected chi connectivity index (χ0v) is 15.8. The van der Waals surface area contributed by atoms with E-state index in [1.165, 1.54) is 5.57 Å². The first-order valence-electron chi connectivity index (χ1n) is 9.52. The van der Waals surface area contributed by atoms with Gasteiger partial charge < -0.3 is 28.8 Å². The predicted molar refractivity (Wildman–Crippen MR) is 101 cm³/mol. The van der Waals surface area contributed by atoms with E-state index >= 15 is 0 Å². The number of allylic oxidation sites excluding steroid dienone is 1. The largest absolute Gasteiger partial charge is 0.454 e. The molecule has 1 unspecified atom stereocenters. The van der Waals surface area contributed by atoms with Crippen molar-refractivity contribution in [3.8, 4) is 11.5 Å². The standard InChI is InChI=1S/C21H20N2O5/c1-3-21(25-2)14-6-16-19-12(8-23(16)20(24)13(14)9-28-21)4-11-5-17-18(27-10-26-17)7-15(11)22-19/h5-7,22H,3-4,8-10H2,1-2H3. The van der Waals surface area contributed by atoms with Crippen LogP contribution in [0.4, 0.5) is 5.69 Å². The van der Waals surface area contributed by atoms with Gasteiger partial charge in [-0.05, 0) is 29.7 Å². The average Bonchev–Trinajstić information content (AvgIpc) is 3.40. The fourth-order valence-electron chi connectivity index (χ4n) is 4.76. The van der Waals surface area contributed by atoms with Crippen LogP contribution in [-0.2, 0) is 34.8 Å². The normalized spacial score (nSPS) is 23.2. The Morgan fingerprint density at radius 2 is 2.07 bits per heavy atom. The second-order valence-electron chi connectivity index (χ2n) is 7.56. The van der Waals surface area contributed by atoms with Crippen LogP contribution in [0.3, 0.4) is 0 Å². The first-order chi connectivity index (χ1) is 13.6. The van der Waals surface area contributed by atoms with Crippen LogP contribution in [0, 0.1) is 0 Å². The van der Waals surface area contributed by atoms with E-state index in [1.807, 2.05) is 23.6 Å². The molecule has 0 spiro atoms. The van der Waals surface area contributed by atoms with E-state index in [2.05, 4.69) is 11.4 Å². The number of fused-ring (bicyclic) bond motifs is 5. The summed E-state index contributed by atoms with van der Waals surface area (Å²) < 4.78 is 24.5. The van der Waals surface area contributed by atoms with E-state index in [1.54, 1.807) is 7.11 Å². The number of hydrogen-bond donors (Lipinski definition) is 1. The number of methoxy groups -OCH3 is 1. The number of benzene rings is 1. The van der Waals surface area contributed by atoms with Crippen LogP contribution in [0.25, 0.3) is 5.70 Å². The molecule has 28 heavy (non-hydrogen) atoms. The molecule has 7 heteroatoms. The number of pyridine rings is 1. The summed E-state index contributed by atoms with van der Waals surface area (Å²) in [6, 6.07) is 6.06. The van der Waals surface area contributed by atoms with Gasteiger partial charge in [0.1, 0.15) is 0 Å². The van der Waals surface area contributed by atoms with Gasteiger partial charge in [0.25, 0.3) is 5.56 Å². The van der Waals surface area contributed by atoms with Crippen LogP contribution < -0.4 is 20.3 Å². The molecule has 0 saturated heterocycles.